The van der Waals surface area contributed by atoms with Crippen LogP contribution in [0.3, 0.4) is 0 Å². The van der Waals surface area contributed by atoms with Crippen LogP contribution in [0.5, 0.6) is 0 Å². The second-order valence-electron chi connectivity index (χ2n) is 10.6. The van der Waals surface area contributed by atoms with E-state index in [-0.39, 0.29) is 17.4 Å². The van der Waals surface area contributed by atoms with Gasteiger partial charge in [0.2, 0.25) is 5.91 Å². The lowest BCUT2D eigenvalue weighted by Gasteiger charge is -2.39. The number of carbonyl (C=O) groups is 1. The molecular weight excluding hydrogens is 432 g/mol. The summed E-state index contributed by atoms with van der Waals surface area (Å²) in [6.45, 7) is 5.93. The first-order valence-corrected chi connectivity index (χ1v) is 12.3. The summed E-state index contributed by atoms with van der Waals surface area (Å²) in [6, 6.07) is 7.19. The van der Waals surface area contributed by atoms with Gasteiger partial charge in [-0.3, -0.25) is 9.69 Å². The van der Waals surface area contributed by atoms with Gasteiger partial charge in [-0.05, 0) is 74.6 Å². The Hall–Kier alpha value is -2.62. The minimum Gasteiger partial charge on any atom is -0.364 e. The maximum atomic E-state index is 13.6. The minimum atomic E-state index is -0.885. The van der Waals surface area contributed by atoms with Crippen molar-refractivity contribution in [3.8, 4) is 11.4 Å². The summed E-state index contributed by atoms with van der Waals surface area (Å²) in [5.74, 6) is 1.08. The number of amides is 1. The number of nitrogens with zero attached hydrogens (tertiary/aromatic N) is 6. The van der Waals surface area contributed by atoms with E-state index in [1.807, 2.05) is 16.5 Å². The van der Waals surface area contributed by atoms with Crippen LogP contribution >= 0.6 is 0 Å². The van der Waals surface area contributed by atoms with Crippen molar-refractivity contribution < 1.29 is 14.6 Å². The molecule has 9 heteroatoms. The second kappa shape index (κ2) is 7.96. The molecule has 4 aliphatic rings. The van der Waals surface area contributed by atoms with Gasteiger partial charge < -0.3 is 14.7 Å². The summed E-state index contributed by atoms with van der Waals surface area (Å²) in [5.41, 5.74) is 5.04. The van der Waals surface area contributed by atoms with E-state index < -0.39 is 6.29 Å². The summed E-state index contributed by atoms with van der Waals surface area (Å²) in [6.07, 6.45) is 3.89. The number of ether oxygens (including phenoxy) is 1. The van der Waals surface area contributed by atoms with Crippen molar-refractivity contribution in [1.82, 2.24) is 30.0 Å². The fourth-order valence-corrected chi connectivity index (χ4v) is 6.58. The minimum absolute atomic E-state index is 0.145. The molecule has 1 saturated heterocycles. The van der Waals surface area contributed by atoms with Crippen molar-refractivity contribution in [2.24, 2.45) is 5.41 Å². The van der Waals surface area contributed by atoms with Gasteiger partial charge in [0.1, 0.15) is 0 Å². The molecule has 0 bridgehead atoms. The Morgan fingerprint density at radius 3 is 2.82 bits per heavy atom. The number of carbonyl (C=O) groups excluding carboxylic acids is 1. The summed E-state index contributed by atoms with van der Waals surface area (Å²) in [4.78, 5) is 18.0. The number of aromatic nitrogens is 4. The average molecular weight is 465 g/mol. The van der Waals surface area contributed by atoms with Crippen LogP contribution in [-0.4, -0.2) is 73.0 Å². The summed E-state index contributed by atoms with van der Waals surface area (Å²) in [5, 5.41) is 21.9. The molecule has 34 heavy (non-hydrogen) atoms. The maximum absolute atomic E-state index is 13.6. The molecule has 180 valence electrons. The Kier molecular flexibility index (Phi) is 5.13. The van der Waals surface area contributed by atoms with Crippen molar-refractivity contribution in [2.45, 2.75) is 77.4 Å². The maximum Gasteiger partial charge on any atom is 0.233 e. The number of benzene rings is 1. The molecule has 2 atom stereocenters. The Morgan fingerprint density at radius 2 is 2.09 bits per heavy atom. The van der Waals surface area contributed by atoms with E-state index in [0.717, 1.165) is 67.9 Å². The van der Waals surface area contributed by atoms with Crippen molar-refractivity contribution in [3.63, 3.8) is 0 Å². The molecule has 2 fully saturated rings. The number of aliphatic hydroxyl groups is 1. The topological polar surface area (TPSA) is 96.6 Å². The number of aliphatic hydroxyl groups excluding tert-OH is 1. The Labute approximate surface area is 199 Å². The lowest BCUT2D eigenvalue weighted by atomic mass is 9.70. The smallest absolute Gasteiger partial charge is 0.233 e. The van der Waals surface area contributed by atoms with E-state index in [2.05, 4.69) is 52.6 Å². The SMILES string of the molecule is CC1=C(N2C(=O)C3(CCC(N(C)Cc4ccc5c(c4)Cn4nnnc4-5)CC3)C[C@@H]2C)COC1O. The number of likely N-dealkylation sites (tertiary alicyclic amines) is 1. The number of hydrogen-bond donors (Lipinski definition) is 1. The van der Waals surface area contributed by atoms with Gasteiger partial charge in [0, 0.05) is 29.8 Å². The monoisotopic (exact) mass is 464 g/mol. The first-order chi connectivity index (χ1) is 16.4. The molecular formula is C25H32N6O3. The van der Waals surface area contributed by atoms with E-state index in [1.165, 1.54) is 11.1 Å². The molecule has 1 spiro atoms. The molecule has 2 aromatic rings. The molecule has 6 rings (SSSR count). The fraction of sp³-hybridized carbons (Fsp3) is 0.600. The molecule has 1 aliphatic carbocycles. The van der Waals surface area contributed by atoms with Crippen LogP contribution < -0.4 is 0 Å². The van der Waals surface area contributed by atoms with Crippen molar-refractivity contribution in [3.05, 3.63) is 40.6 Å². The Balaban J connectivity index is 1.10. The number of hydrogen-bond acceptors (Lipinski definition) is 7. The molecule has 1 N–H and O–H groups in total. The third-order valence-corrected chi connectivity index (χ3v) is 8.52. The summed E-state index contributed by atoms with van der Waals surface area (Å²) in [7, 11) is 2.20. The Bertz CT molecular complexity index is 1170. The third-order valence-electron chi connectivity index (χ3n) is 8.52. The zero-order valence-corrected chi connectivity index (χ0v) is 20.1. The molecule has 1 amide bonds. The van der Waals surface area contributed by atoms with Gasteiger partial charge in [-0.1, -0.05) is 18.2 Å². The van der Waals surface area contributed by atoms with Crippen LogP contribution in [0.25, 0.3) is 11.4 Å². The average Bonchev–Trinajstić information content (AvgIpc) is 3.54. The van der Waals surface area contributed by atoms with Crippen LogP contribution in [0.15, 0.2) is 29.5 Å². The number of rotatable bonds is 4. The zero-order valence-electron chi connectivity index (χ0n) is 20.1. The largest absolute Gasteiger partial charge is 0.364 e. The van der Waals surface area contributed by atoms with Crippen LogP contribution in [0.2, 0.25) is 0 Å². The predicted octanol–water partition coefficient (Wildman–Crippen LogP) is 2.31. The lowest BCUT2D eigenvalue weighted by molar-refractivity contribution is -0.137. The predicted molar refractivity (Wildman–Crippen MR) is 124 cm³/mol. The van der Waals surface area contributed by atoms with E-state index in [9.17, 15) is 9.90 Å². The fourth-order valence-electron chi connectivity index (χ4n) is 6.58. The highest BCUT2D eigenvalue weighted by atomic mass is 16.6. The van der Waals surface area contributed by atoms with Crippen LogP contribution in [0, 0.1) is 5.41 Å². The quantitative estimate of drug-likeness (QED) is 0.633. The van der Waals surface area contributed by atoms with E-state index in [4.69, 9.17) is 4.74 Å². The molecule has 4 heterocycles. The van der Waals surface area contributed by atoms with Crippen LogP contribution in [-0.2, 0) is 22.6 Å². The number of fused-ring (bicyclic) bond motifs is 3. The van der Waals surface area contributed by atoms with Gasteiger partial charge in [0.25, 0.3) is 0 Å². The van der Waals surface area contributed by atoms with Crippen LogP contribution in [0.1, 0.15) is 57.1 Å². The van der Waals surface area contributed by atoms with Crippen LogP contribution in [0.4, 0.5) is 0 Å². The van der Waals surface area contributed by atoms with Gasteiger partial charge in [-0.2, -0.15) is 0 Å². The van der Waals surface area contributed by atoms with Gasteiger partial charge in [0.05, 0.1) is 24.3 Å². The molecule has 9 nitrogen and oxygen atoms in total. The van der Waals surface area contributed by atoms with Gasteiger partial charge in [0.15, 0.2) is 12.1 Å². The van der Waals surface area contributed by atoms with Gasteiger partial charge >= 0.3 is 0 Å². The Morgan fingerprint density at radius 1 is 1.29 bits per heavy atom. The van der Waals surface area contributed by atoms with Crippen molar-refractivity contribution in [1.29, 1.82) is 0 Å². The lowest BCUT2D eigenvalue weighted by Crippen LogP contribution is -2.42. The highest BCUT2D eigenvalue weighted by molar-refractivity contribution is 5.87. The van der Waals surface area contributed by atoms with E-state index in [1.54, 1.807) is 0 Å². The zero-order chi connectivity index (χ0) is 23.6. The second-order valence-corrected chi connectivity index (χ2v) is 10.6. The van der Waals surface area contributed by atoms with E-state index >= 15 is 0 Å². The molecule has 1 aromatic heterocycles. The molecule has 0 radical (unpaired) electrons. The highest BCUT2D eigenvalue weighted by Crippen LogP contribution is 2.49. The van der Waals surface area contributed by atoms with Crippen molar-refractivity contribution in [2.75, 3.05) is 13.7 Å². The standard InChI is InChI=1S/C25H32N6O3/c1-15-11-25(24(33)31(15)21-14-34-23(32)16(21)2)8-6-19(7-9-25)29(3)12-17-4-5-20-18(10-17)13-30-22(20)26-27-28-30/h4-5,10,15,19,23,32H,6-9,11-14H2,1-3H3/t15-,19?,23?,25?/m0/s1. The van der Waals surface area contributed by atoms with Gasteiger partial charge in [-0.25, -0.2) is 4.68 Å². The number of tetrazole rings is 1. The highest BCUT2D eigenvalue weighted by Gasteiger charge is 2.53. The van der Waals surface area contributed by atoms with Gasteiger partial charge in [-0.15, -0.1) is 5.10 Å². The molecule has 3 aliphatic heterocycles. The molecule has 1 unspecified atom stereocenters. The summed E-state index contributed by atoms with van der Waals surface area (Å²) < 4.78 is 7.22. The first-order valence-electron chi connectivity index (χ1n) is 12.3. The summed E-state index contributed by atoms with van der Waals surface area (Å²) >= 11 is 0. The third kappa shape index (κ3) is 3.32. The normalized spacial score (nSPS) is 30.7. The molecule has 1 saturated carbocycles. The van der Waals surface area contributed by atoms with Crippen molar-refractivity contribution >= 4 is 5.91 Å². The first kappa shape index (κ1) is 21.9. The molecule has 1 aromatic carbocycles. The van der Waals surface area contributed by atoms with E-state index in [0.29, 0.717) is 12.6 Å².